The molecule has 0 fully saturated rings. The molecule has 0 aromatic heterocycles. The number of ether oxygens (including phenoxy) is 2. The number of rotatable bonds is 6. The van der Waals surface area contributed by atoms with E-state index in [0.29, 0.717) is 12.2 Å². The fraction of sp³-hybridized carbons (Fsp3) is 0.167. The van der Waals surface area contributed by atoms with Gasteiger partial charge in [0.25, 0.3) is 0 Å². The molecule has 0 N–H and O–H groups in total. The van der Waals surface area contributed by atoms with Crippen molar-refractivity contribution in [1.29, 1.82) is 0 Å². The number of hydrogen-bond donors (Lipinski definition) is 0. The van der Waals surface area contributed by atoms with Gasteiger partial charge in [0.2, 0.25) is 6.29 Å². The largest absolute Gasteiger partial charge is 0.455 e. The summed E-state index contributed by atoms with van der Waals surface area (Å²) in [6.45, 7) is 5.26. The SMILES string of the molecule is C=CC(=O)OC(CC)Oc1ccc(-c2ccccc2)cc1. The van der Waals surface area contributed by atoms with E-state index in [4.69, 9.17) is 9.47 Å². The molecule has 2 aromatic carbocycles. The van der Waals surface area contributed by atoms with Gasteiger partial charge in [-0.2, -0.15) is 0 Å². The lowest BCUT2D eigenvalue weighted by atomic mass is 10.1. The summed E-state index contributed by atoms with van der Waals surface area (Å²) in [5.41, 5.74) is 2.26. The van der Waals surface area contributed by atoms with Gasteiger partial charge in [-0.05, 0) is 23.3 Å². The van der Waals surface area contributed by atoms with Gasteiger partial charge in [0.05, 0.1) is 0 Å². The first-order valence-electron chi connectivity index (χ1n) is 6.88. The summed E-state index contributed by atoms with van der Waals surface area (Å²) in [5, 5.41) is 0. The maximum Gasteiger partial charge on any atom is 0.333 e. The lowest BCUT2D eigenvalue weighted by Gasteiger charge is -2.17. The first-order valence-corrected chi connectivity index (χ1v) is 6.88. The number of benzene rings is 2. The third-order valence-corrected chi connectivity index (χ3v) is 2.98. The summed E-state index contributed by atoms with van der Waals surface area (Å²) >= 11 is 0. The van der Waals surface area contributed by atoms with Crippen LogP contribution in [0.15, 0.2) is 67.3 Å². The van der Waals surface area contributed by atoms with E-state index in [1.54, 1.807) is 0 Å². The molecule has 3 heteroatoms. The molecule has 0 aliphatic rings. The Kier molecular flexibility index (Phi) is 5.16. The monoisotopic (exact) mass is 282 g/mol. The van der Waals surface area contributed by atoms with Crippen LogP contribution in [0.5, 0.6) is 5.75 Å². The molecular formula is C18H18O3. The highest BCUT2D eigenvalue weighted by Crippen LogP contribution is 2.23. The quantitative estimate of drug-likeness (QED) is 0.452. The molecule has 0 saturated carbocycles. The zero-order valence-electron chi connectivity index (χ0n) is 12.0. The topological polar surface area (TPSA) is 35.5 Å². The van der Waals surface area contributed by atoms with Gasteiger partial charge in [-0.15, -0.1) is 0 Å². The van der Waals surface area contributed by atoms with Crippen molar-refractivity contribution in [3.05, 3.63) is 67.3 Å². The van der Waals surface area contributed by atoms with Gasteiger partial charge < -0.3 is 9.47 Å². The Labute approximate surface area is 124 Å². The third kappa shape index (κ3) is 4.21. The van der Waals surface area contributed by atoms with E-state index < -0.39 is 12.3 Å². The maximum atomic E-state index is 11.2. The van der Waals surface area contributed by atoms with Crippen LogP contribution < -0.4 is 4.74 Å². The predicted molar refractivity (Wildman–Crippen MR) is 82.9 cm³/mol. The van der Waals surface area contributed by atoms with E-state index in [0.717, 1.165) is 17.2 Å². The Balaban J connectivity index is 2.05. The second-order valence-electron chi connectivity index (χ2n) is 4.49. The average Bonchev–Trinajstić information content (AvgIpc) is 2.55. The van der Waals surface area contributed by atoms with E-state index in [1.165, 1.54) is 0 Å². The van der Waals surface area contributed by atoms with Crippen LogP contribution in [0.4, 0.5) is 0 Å². The van der Waals surface area contributed by atoms with Crippen molar-refractivity contribution in [3.8, 4) is 16.9 Å². The third-order valence-electron chi connectivity index (χ3n) is 2.98. The van der Waals surface area contributed by atoms with Crippen LogP contribution in [-0.2, 0) is 9.53 Å². The Morgan fingerprint density at radius 1 is 1.10 bits per heavy atom. The van der Waals surface area contributed by atoms with Crippen LogP contribution in [0, 0.1) is 0 Å². The van der Waals surface area contributed by atoms with Crippen molar-refractivity contribution >= 4 is 5.97 Å². The molecule has 1 atom stereocenters. The summed E-state index contributed by atoms with van der Waals surface area (Å²) in [4.78, 5) is 11.2. The van der Waals surface area contributed by atoms with E-state index in [1.807, 2.05) is 49.4 Å². The van der Waals surface area contributed by atoms with Crippen LogP contribution in [0.2, 0.25) is 0 Å². The normalized spacial score (nSPS) is 11.5. The molecule has 0 radical (unpaired) electrons. The molecule has 0 aliphatic carbocycles. The average molecular weight is 282 g/mol. The van der Waals surface area contributed by atoms with Gasteiger partial charge in [-0.3, -0.25) is 0 Å². The van der Waals surface area contributed by atoms with Crippen LogP contribution in [0.1, 0.15) is 13.3 Å². The predicted octanol–water partition coefficient (Wildman–Crippen LogP) is 4.20. The highest BCUT2D eigenvalue weighted by molar-refractivity contribution is 5.81. The molecular weight excluding hydrogens is 264 g/mol. The number of carbonyl (C=O) groups excluding carboxylic acids is 1. The fourth-order valence-corrected chi connectivity index (χ4v) is 1.88. The Hall–Kier alpha value is -2.55. The Morgan fingerprint density at radius 2 is 1.71 bits per heavy atom. The zero-order chi connectivity index (χ0) is 15.1. The summed E-state index contributed by atoms with van der Waals surface area (Å²) in [6, 6.07) is 17.8. The van der Waals surface area contributed by atoms with Gasteiger partial charge in [0.15, 0.2) is 0 Å². The standard InChI is InChI=1S/C18H18O3/c1-3-17(19)21-18(4-2)20-16-12-10-15(11-13-16)14-8-6-5-7-9-14/h3,5-13,18H,1,4H2,2H3. The van der Waals surface area contributed by atoms with Gasteiger partial charge in [0.1, 0.15) is 5.75 Å². The molecule has 0 bridgehead atoms. The van der Waals surface area contributed by atoms with Crippen LogP contribution in [-0.4, -0.2) is 12.3 Å². The first-order chi connectivity index (χ1) is 10.2. The first kappa shape index (κ1) is 14.9. The Bertz CT molecular complexity index is 588. The number of esters is 1. The molecule has 3 nitrogen and oxygen atoms in total. The van der Waals surface area contributed by atoms with Gasteiger partial charge in [-0.1, -0.05) is 56.0 Å². The molecule has 2 rings (SSSR count). The molecule has 0 aliphatic heterocycles. The van der Waals surface area contributed by atoms with Crippen molar-refractivity contribution in [2.24, 2.45) is 0 Å². The van der Waals surface area contributed by atoms with Crippen LogP contribution in [0.25, 0.3) is 11.1 Å². The van der Waals surface area contributed by atoms with Crippen LogP contribution in [0.3, 0.4) is 0 Å². The summed E-state index contributed by atoms with van der Waals surface area (Å²) in [7, 11) is 0. The van der Waals surface area contributed by atoms with Gasteiger partial charge in [0, 0.05) is 12.5 Å². The fourth-order valence-electron chi connectivity index (χ4n) is 1.88. The maximum absolute atomic E-state index is 11.2. The van der Waals surface area contributed by atoms with E-state index in [-0.39, 0.29) is 0 Å². The molecule has 21 heavy (non-hydrogen) atoms. The molecule has 2 aromatic rings. The summed E-state index contributed by atoms with van der Waals surface area (Å²) < 4.78 is 10.7. The zero-order valence-corrected chi connectivity index (χ0v) is 12.0. The molecule has 1 unspecified atom stereocenters. The van der Waals surface area contributed by atoms with Crippen molar-refractivity contribution in [2.45, 2.75) is 19.6 Å². The minimum absolute atomic E-state index is 0.484. The molecule has 0 heterocycles. The van der Waals surface area contributed by atoms with E-state index >= 15 is 0 Å². The smallest absolute Gasteiger partial charge is 0.333 e. The minimum Gasteiger partial charge on any atom is -0.455 e. The van der Waals surface area contributed by atoms with Crippen molar-refractivity contribution in [3.63, 3.8) is 0 Å². The number of hydrogen-bond acceptors (Lipinski definition) is 3. The lowest BCUT2D eigenvalue weighted by molar-refractivity contribution is -0.157. The number of carbonyl (C=O) groups is 1. The van der Waals surface area contributed by atoms with E-state index in [9.17, 15) is 4.79 Å². The highest BCUT2D eigenvalue weighted by Gasteiger charge is 2.11. The van der Waals surface area contributed by atoms with Crippen molar-refractivity contribution in [1.82, 2.24) is 0 Å². The molecule has 108 valence electrons. The molecule has 0 amide bonds. The van der Waals surface area contributed by atoms with Crippen molar-refractivity contribution < 1.29 is 14.3 Å². The van der Waals surface area contributed by atoms with Gasteiger partial charge in [-0.25, -0.2) is 4.79 Å². The molecule has 0 saturated heterocycles. The van der Waals surface area contributed by atoms with Crippen LogP contribution >= 0.6 is 0 Å². The van der Waals surface area contributed by atoms with Gasteiger partial charge >= 0.3 is 5.97 Å². The van der Waals surface area contributed by atoms with Crippen molar-refractivity contribution in [2.75, 3.05) is 0 Å². The minimum atomic E-state index is -0.599. The second kappa shape index (κ2) is 7.29. The molecule has 0 spiro atoms. The second-order valence-corrected chi connectivity index (χ2v) is 4.49. The lowest BCUT2D eigenvalue weighted by Crippen LogP contribution is -2.22. The summed E-state index contributed by atoms with van der Waals surface area (Å²) in [5.74, 6) is 0.182. The highest BCUT2D eigenvalue weighted by atomic mass is 16.7. The Morgan fingerprint density at radius 3 is 2.29 bits per heavy atom. The summed E-state index contributed by atoms with van der Waals surface area (Å²) in [6.07, 6.45) is 1.10. The van der Waals surface area contributed by atoms with E-state index in [2.05, 4.69) is 18.7 Å².